The quantitative estimate of drug-likeness (QED) is 0.528. The molecule has 0 bridgehead atoms. The highest BCUT2D eigenvalue weighted by molar-refractivity contribution is 6.46. The normalized spacial score (nSPS) is 13.9. The molecule has 0 unspecified atom stereocenters. The van der Waals surface area contributed by atoms with Crippen LogP contribution in [0, 0.1) is 41.5 Å². The maximum atomic E-state index is 13.8. The van der Waals surface area contributed by atoms with E-state index in [2.05, 4.69) is 11.4 Å². The molecule has 0 saturated carbocycles. The molecule has 162 valence electrons. The van der Waals surface area contributed by atoms with E-state index in [0.29, 0.717) is 17.0 Å². The Bertz CT molecular complexity index is 1280. The predicted octanol–water partition coefficient (Wildman–Crippen LogP) is 5.93. The molecule has 4 heteroatoms. The highest BCUT2D eigenvalue weighted by Gasteiger charge is 2.41. The number of aryl methyl sites for hydroxylation is 5. The number of hydrogen-bond acceptors (Lipinski definition) is 3. The number of rotatable bonds is 4. The van der Waals surface area contributed by atoms with Crippen LogP contribution < -0.4 is 10.2 Å². The molecule has 4 rings (SSSR count). The Morgan fingerprint density at radius 3 is 2.03 bits per heavy atom. The van der Waals surface area contributed by atoms with Gasteiger partial charge in [0.25, 0.3) is 11.8 Å². The first-order chi connectivity index (χ1) is 15.2. The molecule has 0 radical (unpaired) electrons. The summed E-state index contributed by atoms with van der Waals surface area (Å²) >= 11 is 0. The highest BCUT2D eigenvalue weighted by atomic mass is 16.2. The minimum atomic E-state index is -0.335. The van der Waals surface area contributed by atoms with Crippen molar-refractivity contribution >= 4 is 28.8 Å². The van der Waals surface area contributed by atoms with Gasteiger partial charge in [-0.2, -0.15) is 0 Å². The predicted molar refractivity (Wildman–Crippen MR) is 131 cm³/mol. The van der Waals surface area contributed by atoms with E-state index in [1.54, 1.807) is 0 Å². The largest absolute Gasteiger partial charge is 0.350 e. The Balaban J connectivity index is 1.90. The van der Waals surface area contributed by atoms with E-state index < -0.39 is 0 Å². The molecule has 3 aromatic carbocycles. The van der Waals surface area contributed by atoms with Gasteiger partial charge in [-0.25, -0.2) is 4.90 Å². The van der Waals surface area contributed by atoms with Gasteiger partial charge in [-0.3, -0.25) is 9.59 Å². The van der Waals surface area contributed by atoms with Gasteiger partial charge in [0.2, 0.25) is 0 Å². The van der Waals surface area contributed by atoms with E-state index in [1.807, 2.05) is 90.1 Å². The lowest BCUT2D eigenvalue weighted by molar-refractivity contribution is -0.120. The van der Waals surface area contributed by atoms with Crippen molar-refractivity contribution in [3.8, 4) is 0 Å². The van der Waals surface area contributed by atoms with Crippen LogP contribution in [0.2, 0.25) is 0 Å². The van der Waals surface area contributed by atoms with Gasteiger partial charge in [0.15, 0.2) is 0 Å². The molecule has 4 nitrogen and oxygen atoms in total. The highest BCUT2D eigenvalue weighted by Crippen LogP contribution is 2.37. The van der Waals surface area contributed by atoms with Gasteiger partial charge < -0.3 is 5.32 Å². The Morgan fingerprint density at radius 2 is 1.38 bits per heavy atom. The lowest BCUT2D eigenvalue weighted by Gasteiger charge is -2.19. The SMILES string of the molecule is Cc1cc(C)cc(NC2=C(c3ccc(C)cc3C)C(=O)N(c3cccc(C)c3C)C2=O)c1. The van der Waals surface area contributed by atoms with Gasteiger partial charge in [-0.1, -0.05) is 42.0 Å². The van der Waals surface area contributed by atoms with Crippen molar-refractivity contribution in [2.45, 2.75) is 41.5 Å². The Labute approximate surface area is 189 Å². The Kier molecular flexibility index (Phi) is 5.47. The number of anilines is 2. The van der Waals surface area contributed by atoms with E-state index in [4.69, 9.17) is 0 Å². The molecule has 0 aliphatic carbocycles. The van der Waals surface area contributed by atoms with Crippen LogP contribution in [0.3, 0.4) is 0 Å². The fourth-order valence-corrected chi connectivity index (χ4v) is 4.38. The number of nitrogens with one attached hydrogen (secondary N) is 1. The van der Waals surface area contributed by atoms with Crippen molar-refractivity contribution in [2.24, 2.45) is 0 Å². The number of imide groups is 1. The Hall–Kier alpha value is -3.66. The van der Waals surface area contributed by atoms with Crippen molar-refractivity contribution in [2.75, 3.05) is 10.2 Å². The minimum Gasteiger partial charge on any atom is -0.350 e. The molecule has 1 aliphatic rings. The van der Waals surface area contributed by atoms with Crippen LogP contribution in [0.15, 0.2) is 60.3 Å². The molecule has 3 aromatic rings. The summed E-state index contributed by atoms with van der Waals surface area (Å²) in [6.45, 7) is 11.9. The second-order valence-electron chi connectivity index (χ2n) is 8.73. The first-order valence-electron chi connectivity index (χ1n) is 10.8. The van der Waals surface area contributed by atoms with E-state index in [1.165, 1.54) is 4.90 Å². The lowest BCUT2D eigenvalue weighted by atomic mass is 9.97. The lowest BCUT2D eigenvalue weighted by Crippen LogP contribution is -2.33. The zero-order valence-electron chi connectivity index (χ0n) is 19.5. The van der Waals surface area contributed by atoms with Crippen LogP contribution in [0.4, 0.5) is 11.4 Å². The van der Waals surface area contributed by atoms with Gasteiger partial charge in [0, 0.05) is 5.69 Å². The molecular weight excluding hydrogens is 396 g/mol. The molecule has 1 N–H and O–H groups in total. The van der Waals surface area contributed by atoms with Crippen LogP contribution >= 0.6 is 0 Å². The average molecular weight is 425 g/mol. The minimum absolute atomic E-state index is 0.303. The van der Waals surface area contributed by atoms with Gasteiger partial charge in [-0.15, -0.1) is 0 Å². The van der Waals surface area contributed by atoms with Crippen molar-refractivity contribution in [3.05, 3.63) is 99.2 Å². The van der Waals surface area contributed by atoms with Crippen molar-refractivity contribution in [3.63, 3.8) is 0 Å². The Morgan fingerprint density at radius 1 is 0.688 bits per heavy atom. The fraction of sp³-hybridized carbons (Fsp3) is 0.214. The summed E-state index contributed by atoms with van der Waals surface area (Å²) in [5, 5.41) is 3.29. The number of hydrogen-bond donors (Lipinski definition) is 1. The van der Waals surface area contributed by atoms with E-state index in [-0.39, 0.29) is 11.8 Å². The number of benzene rings is 3. The average Bonchev–Trinajstić information content (AvgIpc) is 2.94. The van der Waals surface area contributed by atoms with Crippen molar-refractivity contribution in [1.29, 1.82) is 0 Å². The van der Waals surface area contributed by atoms with Crippen molar-refractivity contribution in [1.82, 2.24) is 0 Å². The summed E-state index contributed by atoms with van der Waals surface area (Å²) < 4.78 is 0. The maximum Gasteiger partial charge on any atom is 0.282 e. The monoisotopic (exact) mass is 424 g/mol. The van der Waals surface area contributed by atoms with Crippen LogP contribution in [-0.4, -0.2) is 11.8 Å². The number of carbonyl (C=O) groups is 2. The van der Waals surface area contributed by atoms with Gasteiger partial charge in [0.1, 0.15) is 5.70 Å². The van der Waals surface area contributed by atoms with E-state index in [0.717, 1.165) is 44.6 Å². The summed E-state index contributed by atoms with van der Waals surface area (Å²) in [5.74, 6) is -0.639. The topological polar surface area (TPSA) is 49.4 Å². The van der Waals surface area contributed by atoms with Crippen LogP contribution in [0.1, 0.15) is 38.9 Å². The van der Waals surface area contributed by atoms with E-state index in [9.17, 15) is 9.59 Å². The molecule has 0 fully saturated rings. The second kappa shape index (κ2) is 8.12. The maximum absolute atomic E-state index is 13.8. The molecule has 0 saturated heterocycles. The fourth-order valence-electron chi connectivity index (χ4n) is 4.38. The van der Waals surface area contributed by atoms with Crippen LogP contribution in [-0.2, 0) is 9.59 Å². The van der Waals surface area contributed by atoms with Gasteiger partial charge in [0.05, 0.1) is 11.3 Å². The van der Waals surface area contributed by atoms with Crippen molar-refractivity contribution < 1.29 is 9.59 Å². The smallest absolute Gasteiger partial charge is 0.282 e. The summed E-state index contributed by atoms with van der Waals surface area (Å²) in [4.78, 5) is 28.8. The molecule has 2 amide bonds. The summed E-state index contributed by atoms with van der Waals surface area (Å²) in [7, 11) is 0. The number of nitrogens with zero attached hydrogens (tertiary/aromatic N) is 1. The zero-order valence-corrected chi connectivity index (χ0v) is 19.5. The van der Waals surface area contributed by atoms with Gasteiger partial charge in [-0.05, 0) is 93.1 Å². The molecular formula is C28H28N2O2. The first kappa shape index (κ1) is 21.6. The molecule has 0 atom stereocenters. The van der Waals surface area contributed by atoms with Gasteiger partial charge >= 0.3 is 0 Å². The summed E-state index contributed by atoms with van der Waals surface area (Å²) in [6, 6.07) is 17.7. The van der Waals surface area contributed by atoms with Crippen LogP contribution in [0.5, 0.6) is 0 Å². The third-order valence-electron chi connectivity index (χ3n) is 6.04. The third-order valence-corrected chi connectivity index (χ3v) is 6.04. The molecule has 1 aliphatic heterocycles. The number of amides is 2. The van der Waals surface area contributed by atoms with E-state index >= 15 is 0 Å². The molecule has 0 spiro atoms. The number of carbonyl (C=O) groups excluding carboxylic acids is 2. The second-order valence-corrected chi connectivity index (χ2v) is 8.73. The first-order valence-corrected chi connectivity index (χ1v) is 10.8. The molecule has 32 heavy (non-hydrogen) atoms. The zero-order chi connectivity index (χ0) is 23.2. The standard InChI is InChI=1S/C28H28N2O2/c1-16-10-11-23(20(5)13-16)25-26(29-22-14-17(2)12-18(3)15-22)28(32)30(27(25)31)24-9-7-8-19(4)21(24)6/h7-15,29H,1-6H3. The summed E-state index contributed by atoms with van der Waals surface area (Å²) in [6.07, 6.45) is 0. The third kappa shape index (κ3) is 3.73. The summed E-state index contributed by atoms with van der Waals surface area (Å²) in [5.41, 5.74) is 9.11. The van der Waals surface area contributed by atoms with Crippen LogP contribution in [0.25, 0.3) is 5.57 Å². The molecule has 0 aromatic heterocycles. The molecule has 1 heterocycles.